The number of hydrogen-bond donors (Lipinski definition) is 2. The maximum absolute atomic E-state index is 10.8. The predicted octanol–water partition coefficient (Wildman–Crippen LogP) is 2.25. The second kappa shape index (κ2) is 3.73. The van der Waals surface area contributed by atoms with Gasteiger partial charge in [0.25, 0.3) is 0 Å². The van der Waals surface area contributed by atoms with Crippen LogP contribution < -0.4 is 4.74 Å². The number of carboxylic acids is 1. The van der Waals surface area contributed by atoms with Crippen LogP contribution >= 0.6 is 0 Å². The maximum Gasteiger partial charge on any atom is 0.335 e. The van der Waals surface area contributed by atoms with Crippen LogP contribution in [0.25, 0.3) is 10.8 Å². The van der Waals surface area contributed by atoms with Gasteiger partial charge in [0.05, 0.1) is 12.7 Å². The highest BCUT2D eigenvalue weighted by Crippen LogP contribution is 2.34. The lowest BCUT2D eigenvalue weighted by Crippen LogP contribution is -1.95. The van der Waals surface area contributed by atoms with Gasteiger partial charge in [-0.25, -0.2) is 4.79 Å². The number of aromatic carboxylic acids is 1. The SMILES string of the molecule is COc1c(O)ccc2cc(C(=O)O)ccc12. The molecule has 2 rings (SSSR count). The third-order valence-electron chi connectivity index (χ3n) is 2.40. The molecule has 0 amide bonds. The normalized spacial score (nSPS) is 10.3. The average molecular weight is 218 g/mol. The Bertz CT molecular complexity index is 560. The number of ether oxygens (including phenoxy) is 1. The molecule has 0 spiro atoms. The Labute approximate surface area is 91.7 Å². The lowest BCUT2D eigenvalue weighted by Gasteiger charge is -2.07. The summed E-state index contributed by atoms with van der Waals surface area (Å²) in [7, 11) is 1.46. The van der Waals surface area contributed by atoms with Crippen molar-refractivity contribution in [1.82, 2.24) is 0 Å². The van der Waals surface area contributed by atoms with Crippen molar-refractivity contribution in [3.8, 4) is 11.5 Å². The number of aromatic hydroxyl groups is 1. The lowest BCUT2D eigenvalue weighted by atomic mass is 10.1. The van der Waals surface area contributed by atoms with E-state index in [4.69, 9.17) is 9.84 Å². The Morgan fingerprint density at radius 1 is 1.25 bits per heavy atom. The van der Waals surface area contributed by atoms with Gasteiger partial charge in [-0.3, -0.25) is 0 Å². The number of carbonyl (C=O) groups is 1. The summed E-state index contributed by atoms with van der Waals surface area (Å²) in [6.45, 7) is 0. The van der Waals surface area contributed by atoms with E-state index in [-0.39, 0.29) is 11.3 Å². The van der Waals surface area contributed by atoms with Crippen LogP contribution in [0.3, 0.4) is 0 Å². The average Bonchev–Trinajstić information content (AvgIpc) is 2.28. The third kappa shape index (κ3) is 1.54. The molecule has 0 aliphatic carbocycles. The van der Waals surface area contributed by atoms with E-state index < -0.39 is 5.97 Å². The molecule has 4 nitrogen and oxygen atoms in total. The number of rotatable bonds is 2. The molecule has 16 heavy (non-hydrogen) atoms. The number of benzene rings is 2. The zero-order valence-electron chi connectivity index (χ0n) is 8.60. The Hall–Kier alpha value is -2.23. The number of phenols is 1. The van der Waals surface area contributed by atoms with Gasteiger partial charge >= 0.3 is 5.97 Å². The first kappa shape index (κ1) is 10.3. The van der Waals surface area contributed by atoms with Crippen LogP contribution in [0.15, 0.2) is 30.3 Å². The summed E-state index contributed by atoms with van der Waals surface area (Å²) in [6, 6.07) is 7.77. The van der Waals surface area contributed by atoms with Gasteiger partial charge in [0, 0.05) is 5.39 Å². The minimum Gasteiger partial charge on any atom is -0.504 e. The molecular formula is C12H10O4. The van der Waals surface area contributed by atoms with Crippen molar-refractivity contribution in [2.45, 2.75) is 0 Å². The van der Waals surface area contributed by atoms with Crippen LogP contribution in [0, 0.1) is 0 Å². The van der Waals surface area contributed by atoms with Crippen LogP contribution in [0.5, 0.6) is 11.5 Å². The molecule has 0 saturated carbocycles. The maximum atomic E-state index is 10.8. The van der Waals surface area contributed by atoms with Crippen molar-refractivity contribution in [2.75, 3.05) is 7.11 Å². The minimum absolute atomic E-state index is 0.0399. The third-order valence-corrected chi connectivity index (χ3v) is 2.40. The van der Waals surface area contributed by atoms with Crippen molar-refractivity contribution >= 4 is 16.7 Å². The first-order valence-corrected chi connectivity index (χ1v) is 4.66. The van der Waals surface area contributed by atoms with E-state index in [0.29, 0.717) is 11.1 Å². The molecule has 0 heterocycles. The summed E-state index contributed by atoms with van der Waals surface area (Å²) in [6.07, 6.45) is 0. The highest BCUT2D eigenvalue weighted by Gasteiger charge is 2.09. The number of fused-ring (bicyclic) bond motifs is 1. The molecular weight excluding hydrogens is 208 g/mol. The molecule has 0 bridgehead atoms. The van der Waals surface area contributed by atoms with E-state index in [1.54, 1.807) is 18.2 Å². The molecule has 0 saturated heterocycles. The highest BCUT2D eigenvalue weighted by molar-refractivity contribution is 5.97. The van der Waals surface area contributed by atoms with Crippen LogP contribution in [0.1, 0.15) is 10.4 Å². The Morgan fingerprint density at radius 3 is 2.62 bits per heavy atom. The minimum atomic E-state index is -0.978. The Balaban J connectivity index is 2.73. The summed E-state index contributed by atoms with van der Waals surface area (Å²) in [5.74, 6) is -0.582. The van der Waals surface area contributed by atoms with Gasteiger partial charge < -0.3 is 14.9 Å². The van der Waals surface area contributed by atoms with Crippen molar-refractivity contribution < 1.29 is 19.7 Å². The zero-order valence-corrected chi connectivity index (χ0v) is 8.60. The predicted molar refractivity (Wildman–Crippen MR) is 59.1 cm³/mol. The second-order valence-corrected chi connectivity index (χ2v) is 3.36. The van der Waals surface area contributed by atoms with Gasteiger partial charge in [-0.2, -0.15) is 0 Å². The van der Waals surface area contributed by atoms with E-state index >= 15 is 0 Å². The van der Waals surface area contributed by atoms with E-state index in [1.165, 1.54) is 19.2 Å². The first-order chi connectivity index (χ1) is 7.63. The number of hydrogen-bond acceptors (Lipinski definition) is 3. The molecule has 0 radical (unpaired) electrons. The molecule has 0 aliphatic rings. The lowest BCUT2D eigenvalue weighted by molar-refractivity contribution is 0.0697. The molecule has 0 atom stereocenters. The molecule has 2 N–H and O–H groups in total. The standard InChI is InChI=1S/C12H10O4/c1-16-11-9-4-2-8(12(14)15)6-7(9)3-5-10(11)13/h2-6,13H,1H3,(H,14,15). The monoisotopic (exact) mass is 218 g/mol. The van der Waals surface area contributed by atoms with E-state index in [1.807, 2.05) is 0 Å². The fourth-order valence-corrected chi connectivity index (χ4v) is 1.64. The molecule has 2 aromatic carbocycles. The van der Waals surface area contributed by atoms with Gasteiger partial charge in [-0.15, -0.1) is 0 Å². The van der Waals surface area contributed by atoms with Crippen LogP contribution in [-0.4, -0.2) is 23.3 Å². The molecule has 82 valence electrons. The van der Waals surface area contributed by atoms with Crippen molar-refractivity contribution in [3.05, 3.63) is 35.9 Å². The smallest absolute Gasteiger partial charge is 0.335 e. The molecule has 0 aliphatic heterocycles. The summed E-state index contributed by atoms with van der Waals surface area (Å²) in [4.78, 5) is 10.8. The van der Waals surface area contributed by atoms with Crippen LogP contribution in [0.4, 0.5) is 0 Å². The number of carboxylic acid groups (broad SMARTS) is 1. The summed E-state index contributed by atoms with van der Waals surface area (Å²) >= 11 is 0. The topological polar surface area (TPSA) is 66.8 Å². The molecule has 4 heteroatoms. The molecule has 0 unspecified atom stereocenters. The van der Waals surface area contributed by atoms with E-state index in [0.717, 1.165) is 5.39 Å². The Kier molecular flexibility index (Phi) is 2.40. The summed E-state index contributed by atoms with van der Waals surface area (Å²) < 4.78 is 5.06. The highest BCUT2D eigenvalue weighted by atomic mass is 16.5. The van der Waals surface area contributed by atoms with Crippen molar-refractivity contribution in [1.29, 1.82) is 0 Å². The Morgan fingerprint density at radius 2 is 2.00 bits per heavy atom. The van der Waals surface area contributed by atoms with Crippen molar-refractivity contribution in [2.24, 2.45) is 0 Å². The molecule has 2 aromatic rings. The van der Waals surface area contributed by atoms with Crippen molar-refractivity contribution in [3.63, 3.8) is 0 Å². The zero-order chi connectivity index (χ0) is 11.7. The fraction of sp³-hybridized carbons (Fsp3) is 0.0833. The van der Waals surface area contributed by atoms with Crippen LogP contribution in [-0.2, 0) is 0 Å². The van der Waals surface area contributed by atoms with E-state index in [9.17, 15) is 9.90 Å². The number of methoxy groups -OCH3 is 1. The van der Waals surface area contributed by atoms with Gasteiger partial charge in [-0.1, -0.05) is 6.07 Å². The van der Waals surface area contributed by atoms with E-state index in [2.05, 4.69) is 0 Å². The van der Waals surface area contributed by atoms with Gasteiger partial charge in [0.15, 0.2) is 11.5 Å². The molecule has 0 aromatic heterocycles. The second-order valence-electron chi connectivity index (χ2n) is 3.36. The molecule has 0 fully saturated rings. The van der Waals surface area contributed by atoms with Gasteiger partial charge in [0.1, 0.15) is 0 Å². The fourth-order valence-electron chi connectivity index (χ4n) is 1.64. The van der Waals surface area contributed by atoms with Gasteiger partial charge in [0.2, 0.25) is 0 Å². The number of phenolic OH excluding ortho intramolecular Hbond substituents is 1. The van der Waals surface area contributed by atoms with Gasteiger partial charge in [-0.05, 0) is 29.7 Å². The first-order valence-electron chi connectivity index (χ1n) is 4.66. The summed E-state index contributed by atoms with van der Waals surface area (Å²) in [5, 5.41) is 19.8. The largest absolute Gasteiger partial charge is 0.504 e. The van der Waals surface area contributed by atoms with Crippen LogP contribution in [0.2, 0.25) is 0 Å². The summed E-state index contributed by atoms with van der Waals surface area (Å²) in [5.41, 5.74) is 0.209. The quantitative estimate of drug-likeness (QED) is 0.811.